The van der Waals surface area contributed by atoms with E-state index >= 15 is 8.78 Å². The molecule has 0 unspecified atom stereocenters. The number of methoxy groups -OCH3 is 2. The van der Waals surface area contributed by atoms with Gasteiger partial charge in [0.2, 0.25) is 5.79 Å². The molecule has 0 aliphatic carbocycles. The molecule has 0 aliphatic rings. The Balaban J connectivity index is 1.66. The quantitative estimate of drug-likeness (QED) is 0.0821. The molecule has 0 aromatic heterocycles. The molecule has 0 N–H and O–H groups in total. The van der Waals surface area contributed by atoms with E-state index < -0.39 is 49.5 Å². The summed E-state index contributed by atoms with van der Waals surface area (Å²) in [4.78, 5) is 1.16. The largest absolute Gasteiger partial charge is 0.460 e. The van der Waals surface area contributed by atoms with Gasteiger partial charge in [0.25, 0.3) is 0 Å². The zero-order valence-electron chi connectivity index (χ0n) is 27.9. The molecule has 288 valence electrons. The Morgan fingerprint density at radius 1 is 0.481 bits per heavy atom. The van der Waals surface area contributed by atoms with Crippen molar-refractivity contribution in [3.05, 3.63) is 151 Å². The van der Waals surface area contributed by atoms with E-state index in [9.17, 15) is 39.2 Å². The number of hydrogen-bond acceptors (Lipinski definition) is 6. The number of halogens is 9. The zero-order chi connectivity index (χ0) is 39.6. The minimum atomic E-state index is -7.51. The van der Waals surface area contributed by atoms with Gasteiger partial charge in [0.05, 0.1) is 0 Å². The Hall–Kier alpha value is -4.00. The standard InChI is InChI=1S/C37H29F9O5S3/c1-49-33(50-2,26-18-22-29(23-19-26)52-28-12-6-3-7-13-28)27-20-24-32(25-21-27)53(30-14-8-4-9-15-30,31-16-10-5-11-17-31)51-54(47,48)37(45,46)35(40,41)34(38,39)36(42,43)44/h3-25H,1-2H3. The molecule has 0 radical (unpaired) electrons. The van der Waals surface area contributed by atoms with Gasteiger partial charge in [-0.2, -0.15) is 47.9 Å². The predicted octanol–water partition coefficient (Wildman–Crippen LogP) is 11.3. The number of benzene rings is 5. The van der Waals surface area contributed by atoms with Crippen LogP contribution in [0.2, 0.25) is 0 Å². The Morgan fingerprint density at radius 3 is 1.26 bits per heavy atom. The van der Waals surface area contributed by atoms with Crippen LogP contribution in [0.4, 0.5) is 39.5 Å². The summed E-state index contributed by atoms with van der Waals surface area (Å²) in [5, 5.41) is -7.10. The lowest BCUT2D eigenvalue weighted by Gasteiger charge is -2.41. The molecule has 54 heavy (non-hydrogen) atoms. The maximum Gasteiger partial charge on any atom is 0.460 e. The van der Waals surface area contributed by atoms with E-state index in [0.717, 1.165) is 9.79 Å². The monoisotopic (exact) mass is 820 g/mol. The highest BCUT2D eigenvalue weighted by Crippen LogP contribution is 2.71. The summed E-state index contributed by atoms with van der Waals surface area (Å²) in [7, 11) is -8.89. The normalized spacial score (nSPS) is 13.8. The Kier molecular flexibility index (Phi) is 11.6. The van der Waals surface area contributed by atoms with Crippen LogP contribution in [0.1, 0.15) is 11.1 Å². The first-order valence-electron chi connectivity index (χ1n) is 15.4. The molecule has 0 saturated heterocycles. The van der Waals surface area contributed by atoms with Crippen molar-refractivity contribution in [2.24, 2.45) is 0 Å². The molecule has 0 amide bonds. The maximum atomic E-state index is 15.3. The van der Waals surface area contributed by atoms with E-state index in [-0.39, 0.29) is 20.2 Å². The summed E-state index contributed by atoms with van der Waals surface area (Å²) < 4.78 is 170. The van der Waals surface area contributed by atoms with Crippen LogP contribution in [0.5, 0.6) is 0 Å². The van der Waals surface area contributed by atoms with Crippen molar-refractivity contribution in [3.63, 3.8) is 0 Å². The average Bonchev–Trinajstić information content (AvgIpc) is 3.16. The summed E-state index contributed by atoms with van der Waals surface area (Å²) >= 11 is 1.49. The van der Waals surface area contributed by atoms with Gasteiger partial charge in [-0.25, -0.2) is 3.63 Å². The maximum absolute atomic E-state index is 15.3. The zero-order valence-corrected chi connectivity index (χ0v) is 30.4. The lowest BCUT2D eigenvalue weighted by atomic mass is 9.97. The summed E-state index contributed by atoms with van der Waals surface area (Å²) in [6, 6.07) is 34.7. The average molecular weight is 821 g/mol. The number of alkyl halides is 9. The third kappa shape index (κ3) is 7.12. The van der Waals surface area contributed by atoms with Crippen molar-refractivity contribution in [2.75, 3.05) is 14.2 Å². The molecule has 0 saturated carbocycles. The van der Waals surface area contributed by atoms with Gasteiger partial charge < -0.3 is 9.47 Å². The predicted molar refractivity (Wildman–Crippen MR) is 184 cm³/mol. The summed E-state index contributed by atoms with van der Waals surface area (Å²) in [6.45, 7) is 0. The molecule has 5 nitrogen and oxygen atoms in total. The lowest BCUT2D eigenvalue weighted by Crippen LogP contribution is -2.63. The van der Waals surface area contributed by atoms with Crippen LogP contribution in [-0.4, -0.2) is 45.9 Å². The molecule has 17 heteroatoms. The molecule has 0 heterocycles. The first-order valence-corrected chi connectivity index (χ1v) is 19.2. The summed E-state index contributed by atoms with van der Waals surface area (Å²) in [6.07, 6.45) is -7.26. The van der Waals surface area contributed by atoms with Gasteiger partial charge in [0, 0.05) is 49.8 Å². The molecule has 5 aromatic carbocycles. The second kappa shape index (κ2) is 15.3. The molecule has 0 bridgehead atoms. The van der Waals surface area contributed by atoms with E-state index in [1.165, 1.54) is 111 Å². The third-order valence-corrected chi connectivity index (χ3v) is 14.4. The van der Waals surface area contributed by atoms with Crippen LogP contribution in [0.25, 0.3) is 0 Å². The second-order valence-electron chi connectivity index (χ2n) is 11.4. The van der Waals surface area contributed by atoms with Crippen molar-refractivity contribution < 1.29 is 61.0 Å². The van der Waals surface area contributed by atoms with Gasteiger partial charge in [-0.1, -0.05) is 90.6 Å². The van der Waals surface area contributed by atoms with Crippen molar-refractivity contribution in [1.82, 2.24) is 0 Å². The molecule has 0 aliphatic heterocycles. The van der Waals surface area contributed by atoms with Crippen LogP contribution in [0, 0.1) is 0 Å². The highest BCUT2D eigenvalue weighted by molar-refractivity contribution is 8.33. The van der Waals surface area contributed by atoms with E-state index in [0.29, 0.717) is 5.56 Å². The summed E-state index contributed by atoms with van der Waals surface area (Å²) in [5.41, 5.74) is 0.743. The number of hydrogen-bond donors (Lipinski definition) is 0. The Labute approximate surface area is 310 Å². The van der Waals surface area contributed by atoms with E-state index in [1.54, 1.807) is 12.1 Å². The molecule has 0 spiro atoms. The molecule has 0 atom stereocenters. The third-order valence-electron chi connectivity index (χ3n) is 8.13. The lowest BCUT2D eigenvalue weighted by molar-refractivity contribution is -0.382. The van der Waals surface area contributed by atoms with Gasteiger partial charge in [0.1, 0.15) is 0 Å². The van der Waals surface area contributed by atoms with E-state index in [4.69, 9.17) is 13.1 Å². The van der Waals surface area contributed by atoms with Crippen molar-refractivity contribution in [3.8, 4) is 0 Å². The molecular formula is C37H29F9O5S3. The van der Waals surface area contributed by atoms with Crippen molar-refractivity contribution in [1.29, 1.82) is 0 Å². The van der Waals surface area contributed by atoms with Crippen LogP contribution in [-0.2, 0) is 29.0 Å². The van der Waals surface area contributed by atoms with Crippen LogP contribution in [0.3, 0.4) is 0 Å². The van der Waals surface area contributed by atoms with E-state index in [2.05, 4.69) is 0 Å². The Bertz CT molecular complexity index is 2080. The molecule has 5 rings (SSSR count). The topological polar surface area (TPSA) is 61.8 Å². The number of ether oxygens (including phenoxy) is 2. The minimum absolute atomic E-state index is 0.217. The van der Waals surface area contributed by atoms with Gasteiger partial charge in [-0.3, -0.25) is 0 Å². The molecular weight excluding hydrogens is 792 g/mol. The van der Waals surface area contributed by atoms with Crippen LogP contribution >= 0.6 is 22.1 Å². The SMILES string of the molecule is COC(OC)(c1ccc(Sc2ccccc2)cc1)c1ccc(S(OS(=O)(=O)C(F)(F)C(F)(F)C(F)(F)C(F)(F)F)(c2ccccc2)c2ccccc2)cc1. The van der Waals surface area contributed by atoms with E-state index in [1.807, 2.05) is 42.5 Å². The highest BCUT2D eigenvalue weighted by Gasteiger charge is 2.86. The van der Waals surface area contributed by atoms with Gasteiger partial charge in [0.15, 0.2) is 0 Å². The van der Waals surface area contributed by atoms with Crippen LogP contribution in [0.15, 0.2) is 164 Å². The molecule has 5 aromatic rings. The fraction of sp³-hybridized carbons (Fsp3) is 0.189. The Morgan fingerprint density at radius 2 is 0.852 bits per heavy atom. The highest BCUT2D eigenvalue weighted by atomic mass is 32.3. The summed E-state index contributed by atoms with van der Waals surface area (Å²) in [5.74, 6) is -16.6. The van der Waals surface area contributed by atoms with Crippen molar-refractivity contribution in [2.45, 2.75) is 53.5 Å². The van der Waals surface area contributed by atoms with Crippen LogP contribution < -0.4 is 0 Å². The first kappa shape index (κ1) is 41.2. The fourth-order valence-corrected chi connectivity index (χ4v) is 11.5. The molecule has 0 fully saturated rings. The first-order chi connectivity index (χ1) is 25.3. The van der Waals surface area contributed by atoms with Gasteiger partial charge in [-0.05, 0) is 71.0 Å². The smallest absolute Gasteiger partial charge is 0.346 e. The van der Waals surface area contributed by atoms with Crippen molar-refractivity contribution >= 4 is 32.2 Å². The second-order valence-corrected chi connectivity index (χ2v) is 17.0. The minimum Gasteiger partial charge on any atom is -0.346 e. The fourth-order valence-electron chi connectivity index (χ4n) is 5.40. The van der Waals surface area contributed by atoms with Gasteiger partial charge in [-0.15, -0.1) is 0 Å². The van der Waals surface area contributed by atoms with Gasteiger partial charge >= 0.3 is 33.4 Å². The number of rotatable bonds is 14.